The smallest absolute Gasteiger partial charge is 0.355 e. The van der Waals surface area contributed by atoms with Gasteiger partial charge < -0.3 is 10.1 Å². The molecular weight excluding hydrogens is 388 g/mol. The Morgan fingerprint density at radius 3 is 2.45 bits per heavy atom. The third-order valence-corrected chi connectivity index (χ3v) is 6.31. The van der Waals surface area contributed by atoms with Crippen LogP contribution in [-0.2, 0) is 20.9 Å². The van der Waals surface area contributed by atoms with Gasteiger partial charge in [-0.05, 0) is 30.2 Å². The van der Waals surface area contributed by atoms with Crippen LogP contribution in [0.15, 0.2) is 71.9 Å². The standard InChI is InChI=1S/C22H20N2O4S/c1-14-13-29-21-17(23-19(25)16-10-6-3-7-11-16)20(26)24(21)18(14)22(27)28-12-15-8-4-2-5-9-15/h2-11,17,21H,12-13H2,1H3,(H,23,25)/t17-,21+/m0/s1. The summed E-state index contributed by atoms with van der Waals surface area (Å²) in [5, 5.41) is 2.48. The van der Waals surface area contributed by atoms with E-state index in [0.29, 0.717) is 17.0 Å². The van der Waals surface area contributed by atoms with Crippen LogP contribution in [0.4, 0.5) is 0 Å². The number of esters is 1. The second-order valence-electron chi connectivity index (χ2n) is 6.92. The monoisotopic (exact) mass is 408 g/mol. The van der Waals surface area contributed by atoms with Gasteiger partial charge in [-0.3, -0.25) is 14.5 Å². The van der Waals surface area contributed by atoms with Gasteiger partial charge in [0.1, 0.15) is 23.7 Å². The average molecular weight is 408 g/mol. The van der Waals surface area contributed by atoms with Crippen molar-refractivity contribution in [2.45, 2.75) is 24.9 Å². The Morgan fingerprint density at radius 1 is 1.10 bits per heavy atom. The fraction of sp³-hybridized carbons (Fsp3) is 0.227. The SMILES string of the molecule is CC1=C(C(=O)OCc2ccccc2)N2C(=O)[C@H](NC(=O)c3ccccc3)[C@H]2SC1. The molecule has 2 atom stereocenters. The van der Waals surface area contributed by atoms with E-state index < -0.39 is 12.0 Å². The topological polar surface area (TPSA) is 75.7 Å². The molecule has 7 heteroatoms. The lowest BCUT2D eigenvalue weighted by Gasteiger charge is -2.49. The molecule has 2 heterocycles. The molecule has 0 aromatic heterocycles. The molecule has 0 saturated carbocycles. The first kappa shape index (κ1) is 19.3. The van der Waals surface area contributed by atoms with E-state index in [1.165, 1.54) is 16.7 Å². The molecule has 29 heavy (non-hydrogen) atoms. The molecular formula is C22H20N2O4S. The molecule has 1 N–H and O–H groups in total. The molecule has 2 aromatic rings. The summed E-state index contributed by atoms with van der Waals surface area (Å²) in [6, 6.07) is 17.5. The molecule has 0 spiro atoms. The van der Waals surface area contributed by atoms with Gasteiger partial charge in [0.15, 0.2) is 0 Å². The van der Waals surface area contributed by atoms with Gasteiger partial charge in [0.25, 0.3) is 11.8 Å². The second kappa shape index (κ2) is 8.13. The molecule has 1 fully saturated rings. The van der Waals surface area contributed by atoms with Crippen molar-refractivity contribution in [3.63, 3.8) is 0 Å². The number of nitrogens with one attached hydrogen (secondary N) is 1. The van der Waals surface area contributed by atoms with Gasteiger partial charge in [0, 0.05) is 11.3 Å². The van der Waals surface area contributed by atoms with Crippen molar-refractivity contribution in [2.24, 2.45) is 0 Å². The molecule has 148 valence electrons. The Kier molecular flexibility index (Phi) is 5.40. The van der Waals surface area contributed by atoms with Gasteiger partial charge in [-0.1, -0.05) is 48.5 Å². The van der Waals surface area contributed by atoms with Crippen LogP contribution < -0.4 is 5.32 Å². The largest absolute Gasteiger partial charge is 0.456 e. The number of amides is 2. The fourth-order valence-electron chi connectivity index (χ4n) is 3.37. The minimum Gasteiger partial charge on any atom is -0.456 e. The molecule has 1 saturated heterocycles. The number of hydrogen-bond acceptors (Lipinski definition) is 5. The predicted molar refractivity (Wildman–Crippen MR) is 110 cm³/mol. The first-order valence-corrected chi connectivity index (χ1v) is 10.3. The lowest BCUT2D eigenvalue weighted by atomic mass is 10.0. The maximum atomic E-state index is 12.8. The van der Waals surface area contributed by atoms with Crippen molar-refractivity contribution >= 4 is 29.5 Å². The number of fused-ring (bicyclic) bond motifs is 1. The molecule has 0 unspecified atom stereocenters. The molecule has 0 bridgehead atoms. The van der Waals surface area contributed by atoms with E-state index in [0.717, 1.165) is 11.1 Å². The van der Waals surface area contributed by atoms with E-state index in [1.807, 2.05) is 43.3 Å². The Labute approximate surface area is 172 Å². The van der Waals surface area contributed by atoms with Crippen molar-refractivity contribution in [3.05, 3.63) is 83.1 Å². The number of nitrogens with zero attached hydrogens (tertiary/aromatic N) is 1. The van der Waals surface area contributed by atoms with Gasteiger partial charge in [-0.25, -0.2) is 4.79 Å². The summed E-state index contributed by atoms with van der Waals surface area (Å²) >= 11 is 1.53. The Bertz CT molecular complexity index is 975. The van der Waals surface area contributed by atoms with E-state index in [1.54, 1.807) is 24.3 Å². The minimum atomic E-state index is -0.655. The van der Waals surface area contributed by atoms with Gasteiger partial charge >= 0.3 is 5.97 Å². The summed E-state index contributed by atoms with van der Waals surface area (Å²) in [5.74, 6) is -0.513. The molecule has 0 aliphatic carbocycles. The number of ether oxygens (including phenoxy) is 1. The quantitative estimate of drug-likeness (QED) is 0.608. The van der Waals surface area contributed by atoms with Gasteiger partial charge in [-0.2, -0.15) is 0 Å². The van der Waals surface area contributed by atoms with Crippen molar-refractivity contribution < 1.29 is 19.1 Å². The second-order valence-corrected chi connectivity index (χ2v) is 8.02. The normalized spacial score (nSPS) is 20.6. The molecule has 2 aliphatic heterocycles. The number of thioether (sulfide) groups is 1. The fourth-order valence-corrected chi connectivity index (χ4v) is 4.66. The summed E-state index contributed by atoms with van der Waals surface area (Å²) in [7, 11) is 0. The highest BCUT2D eigenvalue weighted by Crippen LogP contribution is 2.40. The van der Waals surface area contributed by atoms with Crippen LogP contribution >= 0.6 is 11.8 Å². The van der Waals surface area contributed by atoms with Gasteiger partial charge in [-0.15, -0.1) is 11.8 Å². The van der Waals surface area contributed by atoms with Gasteiger partial charge in [0.2, 0.25) is 0 Å². The van der Waals surface area contributed by atoms with E-state index in [9.17, 15) is 14.4 Å². The summed E-state index contributed by atoms with van der Waals surface area (Å²) in [6.07, 6.45) is 0. The lowest BCUT2D eigenvalue weighted by Crippen LogP contribution is -2.70. The summed E-state index contributed by atoms with van der Waals surface area (Å²) in [5.41, 5.74) is 2.46. The first-order chi connectivity index (χ1) is 14.1. The zero-order chi connectivity index (χ0) is 20.4. The third-order valence-electron chi connectivity index (χ3n) is 4.89. The molecule has 4 rings (SSSR count). The number of hydrogen-bond donors (Lipinski definition) is 1. The first-order valence-electron chi connectivity index (χ1n) is 9.27. The Morgan fingerprint density at radius 2 is 1.76 bits per heavy atom. The van der Waals surface area contributed by atoms with Crippen LogP contribution in [0.3, 0.4) is 0 Å². The van der Waals surface area contributed by atoms with Crippen LogP contribution in [0.2, 0.25) is 0 Å². The molecule has 2 amide bonds. The van der Waals surface area contributed by atoms with E-state index in [2.05, 4.69) is 5.32 Å². The summed E-state index contributed by atoms with van der Waals surface area (Å²) < 4.78 is 5.44. The van der Waals surface area contributed by atoms with E-state index in [-0.39, 0.29) is 23.8 Å². The average Bonchev–Trinajstić information content (AvgIpc) is 2.76. The maximum Gasteiger partial charge on any atom is 0.355 e. The number of carbonyl (C=O) groups excluding carboxylic acids is 3. The molecule has 2 aliphatic rings. The highest BCUT2D eigenvalue weighted by molar-refractivity contribution is 8.00. The zero-order valence-electron chi connectivity index (χ0n) is 15.8. The Balaban J connectivity index is 1.44. The number of benzene rings is 2. The highest BCUT2D eigenvalue weighted by atomic mass is 32.2. The number of carbonyl (C=O) groups is 3. The van der Waals surface area contributed by atoms with Crippen LogP contribution in [0.5, 0.6) is 0 Å². The van der Waals surface area contributed by atoms with E-state index in [4.69, 9.17) is 4.74 Å². The maximum absolute atomic E-state index is 12.8. The van der Waals surface area contributed by atoms with Crippen molar-refractivity contribution in [3.8, 4) is 0 Å². The molecule has 2 aromatic carbocycles. The minimum absolute atomic E-state index is 0.143. The van der Waals surface area contributed by atoms with Crippen LogP contribution in [0, 0.1) is 0 Å². The molecule has 6 nitrogen and oxygen atoms in total. The van der Waals surface area contributed by atoms with Crippen LogP contribution in [-0.4, -0.2) is 39.9 Å². The highest BCUT2D eigenvalue weighted by Gasteiger charge is 2.54. The Hall–Kier alpha value is -3.06. The lowest BCUT2D eigenvalue weighted by molar-refractivity contribution is -0.152. The van der Waals surface area contributed by atoms with Crippen molar-refractivity contribution in [1.82, 2.24) is 10.2 Å². The van der Waals surface area contributed by atoms with Crippen LogP contribution in [0.25, 0.3) is 0 Å². The third kappa shape index (κ3) is 3.78. The number of β-lactam (4-membered cyclic amide) rings is 1. The summed E-state index contributed by atoms with van der Waals surface area (Å²) in [6.45, 7) is 1.97. The number of rotatable bonds is 5. The van der Waals surface area contributed by atoms with Gasteiger partial charge in [0.05, 0.1) is 0 Å². The van der Waals surface area contributed by atoms with Crippen molar-refractivity contribution in [1.29, 1.82) is 0 Å². The zero-order valence-corrected chi connectivity index (χ0v) is 16.6. The van der Waals surface area contributed by atoms with E-state index >= 15 is 0 Å². The predicted octanol–water partition coefficient (Wildman–Crippen LogP) is 2.72. The summed E-state index contributed by atoms with van der Waals surface area (Å²) in [4.78, 5) is 39.3. The molecule has 0 radical (unpaired) electrons. The van der Waals surface area contributed by atoms with Crippen LogP contribution in [0.1, 0.15) is 22.8 Å². The van der Waals surface area contributed by atoms with Crippen molar-refractivity contribution in [2.75, 3.05) is 5.75 Å².